The van der Waals surface area contributed by atoms with Gasteiger partial charge >= 0.3 is 5.97 Å². The van der Waals surface area contributed by atoms with E-state index in [2.05, 4.69) is 6.58 Å². The standard InChI is InChI=1S/C15H16O4/c1-4-7-15(14(17)19-3)9-10-5-6-11(18-2)8-12(10)13(15)16/h4-6,8H,1,7,9H2,2-3H3. The lowest BCUT2D eigenvalue weighted by atomic mass is 9.80. The van der Waals surface area contributed by atoms with Crippen LogP contribution in [0.2, 0.25) is 0 Å². The number of carbonyl (C=O) groups is 2. The van der Waals surface area contributed by atoms with Gasteiger partial charge in [-0.05, 0) is 30.5 Å². The summed E-state index contributed by atoms with van der Waals surface area (Å²) in [6.07, 6.45) is 2.21. The van der Waals surface area contributed by atoms with Crippen molar-refractivity contribution < 1.29 is 19.1 Å². The number of ether oxygens (including phenoxy) is 2. The van der Waals surface area contributed by atoms with Crippen molar-refractivity contribution in [3.8, 4) is 5.75 Å². The van der Waals surface area contributed by atoms with Gasteiger partial charge in [-0.1, -0.05) is 12.1 Å². The minimum Gasteiger partial charge on any atom is -0.497 e. The molecule has 2 rings (SSSR count). The quantitative estimate of drug-likeness (QED) is 0.473. The maximum atomic E-state index is 12.6. The molecule has 19 heavy (non-hydrogen) atoms. The van der Waals surface area contributed by atoms with Crippen LogP contribution in [0.3, 0.4) is 0 Å². The third-order valence-corrected chi connectivity index (χ3v) is 3.56. The van der Waals surface area contributed by atoms with Crippen LogP contribution in [0.25, 0.3) is 0 Å². The molecule has 1 atom stereocenters. The first-order valence-electron chi connectivity index (χ1n) is 6.00. The molecule has 1 unspecified atom stereocenters. The van der Waals surface area contributed by atoms with Crippen molar-refractivity contribution in [2.24, 2.45) is 5.41 Å². The summed E-state index contributed by atoms with van der Waals surface area (Å²) in [5.41, 5.74) is 0.218. The van der Waals surface area contributed by atoms with Crippen LogP contribution in [0.15, 0.2) is 30.9 Å². The minimum atomic E-state index is -1.16. The van der Waals surface area contributed by atoms with Gasteiger partial charge in [0.05, 0.1) is 14.2 Å². The highest BCUT2D eigenvalue weighted by Crippen LogP contribution is 2.42. The highest BCUT2D eigenvalue weighted by atomic mass is 16.5. The molecule has 0 N–H and O–H groups in total. The summed E-state index contributed by atoms with van der Waals surface area (Å²) in [5.74, 6) is -0.118. The Balaban J connectivity index is 2.50. The van der Waals surface area contributed by atoms with Crippen molar-refractivity contribution in [3.63, 3.8) is 0 Å². The predicted octanol–water partition coefficient (Wildman–Crippen LogP) is 2.17. The Morgan fingerprint density at radius 3 is 2.79 bits per heavy atom. The number of hydrogen-bond donors (Lipinski definition) is 0. The third-order valence-electron chi connectivity index (χ3n) is 3.56. The van der Waals surface area contributed by atoms with E-state index < -0.39 is 11.4 Å². The van der Waals surface area contributed by atoms with Gasteiger partial charge in [0.2, 0.25) is 0 Å². The van der Waals surface area contributed by atoms with E-state index in [-0.39, 0.29) is 12.2 Å². The summed E-state index contributed by atoms with van der Waals surface area (Å²) in [6, 6.07) is 5.28. The molecule has 100 valence electrons. The number of carbonyl (C=O) groups excluding carboxylic acids is 2. The van der Waals surface area contributed by atoms with E-state index in [1.807, 2.05) is 6.07 Å². The Labute approximate surface area is 112 Å². The lowest BCUT2D eigenvalue weighted by Gasteiger charge is -2.22. The maximum absolute atomic E-state index is 12.6. The highest BCUT2D eigenvalue weighted by Gasteiger charge is 2.51. The van der Waals surface area contributed by atoms with Crippen molar-refractivity contribution in [2.75, 3.05) is 14.2 Å². The first-order valence-corrected chi connectivity index (χ1v) is 6.00. The predicted molar refractivity (Wildman–Crippen MR) is 70.3 cm³/mol. The van der Waals surface area contributed by atoms with Crippen molar-refractivity contribution in [3.05, 3.63) is 42.0 Å². The molecule has 4 nitrogen and oxygen atoms in total. The topological polar surface area (TPSA) is 52.6 Å². The Morgan fingerprint density at radius 1 is 1.47 bits per heavy atom. The van der Waals surface area contributed by atoms with Crippen LogP contribution in [0.4, 0.5) is 0 Å². The first-order chi connectivity index (χ1) is 9.08. The summed E-state index contributed by atoms with van der Waals surface area (Å²) >= 11 is 0. The van der Waals surface area contributed by atoms with E-state index in [1.54, 1.807) is 25.3 Å². The number of allylic oxidation sites excluding steroid dienone is 1. The molecule has 4 heteroatoms. The molecule has 0 bridgehead atoms. The van der Waals surface area contributed by atoms with Crippen molar-refractivity contribution in [2.45, 2.75) is 12.8 Å². The number of fused-ring (bicyclic) bond motifs is 1. The van der Waals surface area contributed by atoms with Gasteiger partial charge in [0.1, 0.15) is 11.2 Å². The number of esters is 1. The fraction of sp³-hybridized carbons (Fsp3) is 0.333. The van der Waals surface area contributed by atoms with Crippen LogP contribution in [-0.4, -0.2) is 26.0 Å². The van der Waals surface area contributed by atoms with Crippen molar-refractivity contribution in [1.29, 1.82) is 0 Å². The zero-order valence-corrected chi connectivity index (χ0v) is 11.1. The molecule has 1 aromatic carbocycles. The Morgan fingerprint density at radius 2 is 2.21 bits per heavy atom. The van der Waals surface area contributed by atoms with Gasteiger partial charge in [-0.15, -0.1) is 6.58 Å². The van der Waals surface area contributed by atoms with Crippen LogP contribution >= 0.6 is 0 Å². The van der Waals surface area contributed by atoms with Crippen LogP contribution in [0.1, 0.15) is 22.3 Å². The summed E-state index contributed by atoms with van der Waals surface area (Å²) in [6.45, 7) is 3.63. The van der Waals surface area contributed by atoms with Gasteiger partial charge in [-0.25, -0.2) is 0 Å². The van der Waals surface area contributed by atoms with E-state index in [0.29, 0.717) is 17.7 Å². The lowest BCUT2D eigenvalue weighted by molar-refractivity contribution is -0.149. The molecule has 0 saturated heterocycles. The average molecular weight is 260 g/mol. The van der Waals surface area contributed by atoms with Crippen molar-refractivity contribution >= 4 is 11.8 Å². The van der Waals surface area contributed by atoms with Crippen LogP contribution in [-0.2, 0) is 16.0 Å². The first kappa shape index (κ1) is 13.3. The van der Waals surface area contributed by atoms with E-state index in [0.717, 1.165) is 5.56 Å². The van der Waals surface area contributed by atoms with Gasteiger partial charge < -0.3 is 9.47 Å². The number of benzene rings is 1. The number of rotatable bonds is 4. The average Bonchev–Trinajstić information content (AvgIpc) is 2.72. The molecule has 0 aromatic heterocycles. The molecule has 0 radical (unpaired) electrons. The van der Waals surface area contributed by atoms with E-state index in [9.17, 15) is 9.59 Å². The Bertz CT molecular complexity index is 547. The molecule has 0 heterocycles. The molecule has 0 saturated carbocycles. The van der Waals surface area contributed by atoms with Crippen LogP contribution in [0, 0.1) is 5.41 Å². The molecule has 0 fully saturated rings. The van der Waals surface area contributed by atoms with E-state index in [4.69, 9.17) is 9.47 Å². The smallest absolute Gasteiger partial charge is 0.320 e. The zero-order valence-electron chi connectivity index (χ0n) is 11.1. The second-order valence-electron chi connectivity index (χ2n) is 4.60. The van der Waals surface area contributed by atoms with Crippen LogP contribution in [0.5, 0.6) is 5.75 Å². The van der Waals surface area contributed by atoms with Gasteiger partial charge in [0.15, 0.2) is 5.78 Å². The molecule has 0 amide bonds. The normalized spacial score (nSPS) is 20.8. The summed E-state index contributed by atoms with van der Waals surface area (Å²) in [4.78, 5) is 24.6. The van der Waals surface area contributed by atoms with Gasteiger partial charge in [0.25, 0.3) is 0 Å². The summed E-state index contributed by atoms with van der Waals surface area (Å²) in [7, 11) is 2.84. The minimum absolute atomic E-state index is 0.215. The summed E-state index contributed by atoms with van der Waals surface area (Å²) < 4.78 is 9.92. The van der Waals surface area contributed by atoms with E-state index in [1.165, 1.54) is 7.11 Å². The Kier molecular flexibility index (Phi) is 3.42. The number of ketones is 1. The molecular formula is C15H16O4. The molecule has 1 aliphatic carbocycles. The van der Waals surface area contributed by atoms with E-state index >= 15 is 0 Å². The lowest BCUT2D eigenvalue weighted by Crippen LogP contribution is -2.37. The molecule has 1 aliphatic rings. The fourth-order valence-corrected chi connectivity index (χ4v) is 2.57. The largest absolute Gasteiger partial charge is 0.497 e. The van der Waals surface area contributed by atoms with Crippen LogP contribution < -0.4 is 4.74 Å². The maximum Gasteiger partial charge on any atom is 0.320 e. The molecular weight excluding hydrogens is 244 g/mol. The zero-order chi connectivity index (χ0) is 14.0. The monoisotopic (exact) mass is 260 g/mol. The molecule has 1 aromatic rings. The molecule has 0 aliphatic heterocycles. The number of hydrogen-bond acceptors (Lipinski definition) is 4. The van der Waals surface area contributed by atoms with Crippen molar-refractivity contribution in [1.82, 2.24) is 0 Å². The molecule has 0 spiro atoms. The fourth-order valence-electron chi connectivity index (χ4n) is 2.57. The summed E-state index contributed by atoms with van der Waals surface area (Å²) in [5, 5.41) is 0. The second-order valence-corrected chi connectivity index (χ2v) is 4.60. The number of methoxy groups -OCH3 is 2. The third kappa shape index (κ3) is 1.93. The van der Waals surface area contributed by atoms with Gasteiger partial charge in [-0.3, -0.25) is 9.59 Å². The number of Topliss-reactive ketones (excluding diaryl/α,β-unsaturated/α-hetero) is 1. The highest BCUT2D eigenvalue weighted by molar-refractivity contribution is 6.16. The van der Waals surface area contributed by atoms with Gasteiger partial charge in [0, 0.05) is 5.56 Å². The van der Waals surface area contributed by atoms with Gasteiger partial charge in [-0.2, -0.15) is 0 Å². The Hall–Kier alpha value is -2.10. The SMILES string of the molecule is C=CCC1(C(=O)OC)Cc2ccc(OC)cc2C1=O. The second kappa shape index (κ2) is 4.88.